The molecule has 0 fully saturated rings. The molecule has 0 saturated carbocycles. The summed E-state index contributed by atoms with van der Waals surface area (Å²) in [6, 6.07) is 8.17. The summed E-state index contributed by atoms with van der Waals surface area (Å²) in [5.41, 5.74) is 3.39. The molecule has 0 aliphatic carbocycles. The maximum Gasteiger partial charge on any atom is 0.339 e. The highest BCUT2D eigenvalue weighted by atomic mass is 16.4. The Labute approximate surface area is 106 Å². The number of carboxylic acids is 1. The molecule has 0 radical (unpaired) electrons. The Morgan fingerprint density at radius 1 is 1.33 bits per heavy atom. The van der Waals surface area contributed by atoms with Gasteiger partial charge < -0.3 is 5.11 Å². The van der Waals surface area contributed by atoms with Crippen molar-refractivity contribution in [2.24, 2.45) is 0 Å². The monoisotopic (exact) mass is 244 g/mol. The fraction of sp³-hybridized carbons (Fsp3) is 0.286. The van der Waals surface area contributed by atoms with Crippen LogP contribution in [0.4, 0.5) is 0 Å². The Balaban J connectivity index is 2.29. The molecule has 0 aliphatic heterocycles. The zero-order chi connectivity index (χ0) is 13.1. The molecule has 0 spiro atoms. The molecule has 0 bridgehead atoms. The van der Waals surface area contributed by atoms with Crippen LogP contribution in [-0.2, 0) is 13.0 Å². The Morgan fingerprint density at radius 3 is 2.56 bits per heavy atom. The summed E-state index contributed by atoms with van der Waals surface area (Å²) >= 11 is 0. The topological polar surface area (TPSA) is 55.1 Å². The normalized spacial score (nSPS) is 10.6. The van der Waals surface area contributed by atoms with Crippen molar-refractivity contribution in [1.82, 2.24) is 9.78 Å². The summed E-state index contributed by atoms with van der Waals surface area (Å²) in [5, 5.41) is 13.2. The molecule has 0 atom stereocenters. The fourth-order valence-electron chi connectivity index (χ4n) is 1.96. The fourth-order valence-corrected chi connectivity index (χ4v) is 1.96. The van der Waals surface area contributed by atoms with E-state index in [1.807, 2.05) is 38.1 Å². The Bertz CT molecular complexity index is 556. The lowest BCUT2D eigenvalue weighted by Gasteiger charge is -2.07. The molecule has 4 heteroatoms. The predicted octanol–water partition coefficient (Wildman–Crippen LogP) is 2.50. The summed E-state index contributed by atoms with van der Waals surface area (Å²) < 4.78 is 1.76. The minimum absolute atomic E-state index is 0.296. The van der Waals surface area contributed by atoms with Gasteiger partial charge in [-0.05, 0) is 18.9 Å². The first kappa shape index (κ1) is 12.4. The minimum Gasteiger partial charge on any atom is -0.478 e. The molecule has 1 aromatic heterocycles. The first-order valence-electron chi connectivity index (χ1n) is 5.95. The van der Waals surface area contributed by atoms with Crippen molar-refractivity contribution in [1.29, 1.82) is 0 Å². The second kappa shape index (κ2) is 5.04. The van der Waals surface area contributed by atoms with E-state index >= 15 is 0 Å². The molecule has 0 aliphatic rings. The number of hydrogen-bond acceptors (Lipinski definition) is 2. The lowest BCUT2D eigenvalue weighted by Crippen LogP contribution is -2.08. The van der Waals surface area contributed by atoms with Crippen molar-refractivity contribution >= 4 is 5.97 Å². The number of nitrogens with zero attached hydrogens (tertiary/aromatic N) is 2. The second-order valence-corrected chi connectivity index (χ2v) is 4.31. The molecular formula is C14H16N2O2. The van der Waals surface area contributed by atoms with Crippen LogP contribution in [0, 0.1) is 6.92 Å². The molecule has 0 unspecified atom stereocenters. The van der Waals surface area contributed by atoms with Gasteiger partial charge in [0.2, 0.25) is 0 Å². The number of carboxylic acid groups (broad SMARTS) is 1. The van der Waals surface area contributed by atoms with Gasteiger partial charge in [-0.2, -0.15) is 5.10 Å². The van der Waals surface area contributed by atoms with Crippen LogP contribution in [0.1, 0.15) is 34.1 Å². The molecular weight excluding hydrogens is 228 g/mol. The molecule has 2 aromatic rings. The zero-order valence-corrected chi connectivity index (χ0v) is 10.6. The summed E-state index contributed by atoms with van der Waals surface area (Å²) in [6.45, 7) is 4.59. The molecule has 0 amide bonds. The number of rotatable bonds is 4. The number of aryl methyl sites for hydroxylation is 1. The van der Waals surface area contributed by atoms with Crippen molar-refractivity contribution in [3.8, 4) is 0 Å². The summed E-state index contributed by atoms with van der Waals surface area (Å²) in [7, 11) is 0. The van der Waals surface area contributed by atoms with E-state index in [0.717, 1.165) is 11.3 Å². The molecule has 2 rings (SSSR count). The van der Waals surface area contributed by atoms with E-state index in [-0.39, 0.29) is 0 Å². The number of aromatic nitrogens is 2. The molecule has 1 aromatic carbocycles. The van der Waals surface area contributed by atoms with Crippen LogP contribution in [0.5, 0.6) is 0 Å². The SMILES string of the molecule is CCc1c(C(=O)O)cnn1Cc1ccc(C)cc1. The molecule has 0 saturated heterocycles. The molecule has 18 heavy (non-hydrogen) atoms. The van der Waals surface area contributed by atoms with Gasteiger partial charge in [-0.1, -0.05) is 36.8 Å². The van der Waals surface area contributed by atoms with Crippen molar-refractivity contribution in [2.75, 3.05) is 0 Å². The maximum atomic E-state index is 11.0. The predicted molar refractivity (Wildman–Crippen MR) is 68.8 cm³/mol. The van der Waals surface area contributed by atoms with E-state index in [0.29, 0.717) is 18.5 Å². The molecule has 4 nitrogen and oxygen atoms in total. The van der Waals surface area contributed by atoms with Gasteiger partial charge in [0.1, 0.15) is 5.56 Å². The number of hydrogen-bond donors (Lipinski definition) is 1. The van der Waals surface area contributed by atoms with E-state index < -0.39 is 5.97 Å². The standard InChI is InChI=1S/C14H16N2O2/c1-3-13-12(14(17)18)8-15-16(13)9-11-6-4-10(2)5-7-11/h4-8H,3,9H2,1-2H3,(H,17,18). The van der Waals surface area contributed by atoms with Crippen molar-refractivity contribution in [3.63, 3.8) is 0 Å². The Hall–Kier alpha value is -2.10. The van der Waals surface area contributed by atoms with Crippen LogP contribution >= 0.6 is 0 Å². The molecule has 1 heterocycles. The Morgan fingerprint density at radius 2 is 2.00 bits per heavy atom. The van der Waals surface area contributed by atoms with E-state index in [1.54, 1.807) is 4.68 Å². The highest BCUT2D eigenvalue weighted by Gasteiger charge is 2.14. The smallest absolute Gasteiger partial charge is 0.339 e. The zero-order valence-electron chi connectivity index (χ0n) is 10.6. The highest BCUT2D eigenvalue weighted by molar-refractivity contribution is 5.88. The van der Waals surface area contributed by atoms with Gasteiger partial charge in [-0.3, -0.25) is 4.68 Å². The van der Waals surface area contributed by atoms with Crippen LogP contribution in [0.3, 0.4) is 0 Å². The van der Waals surface area contributed by atoms with Crippen LogP contribution in [0.25, 0.3) is 0 Å². The van der Waals surface area contributed by atoms with Crippen LogP contribution in [-0.4, -0.2) is 20.9 Å². The third-order valence-corrected chi connectivity index (χ3v) is 2.97. The third kappa shape index (κ3) is 2.42. The van der Waals surface area contributed by atoms with Gasteiger partial charge >= 0.3 is 5.97 Å². The van der Waals surface area contributed by atoms with Gasteiger partial charge in [-0.25, -0.2) is 4.79 Å². The molecule has 1 N–H and O–H groups in total. The van der Waals surface area contributed by atoms with Crippen LogP contribution in [0.15, 0.2) is 30.5 Å². The largest absolute Gasteiger partial charge is 0.478 e. The minimum atomic E-state index is -0.915. The lowest BCUT2D eigenvalue weighted by molar-refractivity contribution is 0.0695. The average Bonchev–Trinajstić information content (AvgIpc) is 2.75. The van der Waals surface area contributed by atoms with Gasteiger partial charge in [0, 0.05) is 0 Å². The average molecular weight is 244 g/mol. The van der Waals surface area contributed by atoms with Gasteiger partial charge in [-0.15, -0.1) is 0 Å². The number of aromatic carboxylic acids is 1. The first-order valence-corrected chi connectivity index (χ1v) is 5.95. The lowest BCUT2D eigenvalue weighted by atomic mass is 10.1. The Kier molecular flexibility index (Phi) is 3.46. The summed E-state index contributed by atoms with van der Waals surface area (Å²) in [5.74, 6) is -0.915. The van der Waals surface area contributed by atoms with Gasteiger partial charge in [0.15, 0.2) is 0 Å². The summed E-state index contributed by atoms with van der Waals surface area (Å²) in [4.78, 5) is 11.0. The summed E-state index contributed by atoms with van der Waals surface area (Å²) in [6.07, 6.45) is 2.09. The van der Waals surface area contributed by atoms with E-state index in [9.17, 15) is 4.79 Å². The second-order valence-electron chi connectivity index (χ2n) is 4.31. The highest BCUT2D eigenvalue weighted by Crippen LogP contribution is 2.12. The van der Waals surface area contributed by atoms with Crippen molar-refractivity contribution in [2.45, 2.75) is 26.8 Å². The van der Waals surface area contributed by atoms with E-state index in [4.69, 9.17) is 5.11 Å². The maximum absolute atomic E-state index is 11.0. The first-order chi connectivity index (χ1) is 8.61. The van der Waals surface area contributed by atoms with Crippen molar-refractivity contribution in [3.05, 3.63) is 52.8 Å². The quantitative estimate of drug-likeness (QED) is 0.899. The third-order valence-electron chi connectivity index (χ3n) is 2.97. The number of carbonyl (C=O) groups is 1. The van der Waals surface area contributed by atoms with E-state index in [2.05, 4.69) is 5.10 Å². The van der Waals surface area contributed by atoms with Crippen LogP contribution in [0.2, 0.25) is 0 Å². The van der Waals surface area contributed by atoms with Gasteiger partial charge in [0.05, 0.1) is 18.4 Å². The van der Waals surface area contributed by atoms with E-state index in [1.165, 1.54) is 11.8 Å². The molecule has 94 valence electrons. The number of benzene rings is 1. The van der Waals surface area contributed by atoms with Gasteiger partial charge in [0.25, 0.3) is 0 Å². The van der Waals surface area contributed by atoms with Crippen LogP contribution < -0.4 is 0 Å². The van der Waals surface area contributed by atoms with Crippen molar-refractivity contribution < 1.29 is 9.90 Å².